The first-order valence-electron chi connectivity index (χ1n) is 8.26. The molecule has 0 aliphatic heterocycles. The summed E-state index contributed by atoms with van der Waals surface area (Å²) in [7, 11) is 0. The minimum absolute atomic E-state index is 0.146. The summed E-state index contributed by atoms with van der Waals surface area (Å²) < 4.78 is 0. The average Bonchev–Trinajstić information content (AvgIpc) is 2.73. The van der Waals surface area contributed by atoms with Crippen molar-refractivity contribution in [3.63, 3.8) is 0 Å². The number of hydrogen-bond donors (Lipinski definition) is 2. The van der Waals surface area contributed by atoms with Gasteiger partial charge in [0.25, 0.3) is 11.8 Å². The molecule has 0 bridgehead atoms. The first kappa shape index (κ1) is 17.8. The zero-order valence-corrected chi connectivity index (χ0v) is 14.3. The van der Waals surface area contributed by atoms with Gasteiger partial charge in [0.15, 0.2) is 0 Å². The van der Waals surface area contributed by atoms with Gasteiger partial charge in [-0.05, 0) is 29.8 Å². The molecule has 0 atom stereocenters. The monoisotopic (exact) mass is 356 g/mol. The third-order valence-corrected chi connectivity index (χ3v) is 3.85. The molecule has 2 amide bonds. The maximum Gasteiger partial charge on any atom is 0.270 e. The Morgan fingerprint density at radius 2 is 1.70 bits per heavy atom. The van der Waals surface area contributed by atoms with Crippen LogP contribution in [0.4, 0.5) is 5.69 Å². The van der Waals surface area contributed by atoms with Crippen LogP contribution in [0.2, 0.25) is 0 Å². The Bertz CT molecular complexity index is 1010. The van der Waals surface area contributed by atoms with Gasteiger partial charge >= 0.3 is 0 Å². The van der Waals surface area contributed by atoms with Crippen molar-refractivity contribution in [3.8, 4) is 6.07 Å². The van der Waals surface area contributed by atoms with Gasteiger partial charge in [-0.15, -0.1) is 0 Å². The number of aromatic nitrogens is 1. The molecule has 3 aromatic rings. The number of rotatable bonds is 5. The summed E-state index contributed by atoms with van der Waals surface area (Å²) >= 11 is 0. The Hall–Kier alpha value is -3.98. The Morgan fingerprint density at radius 3 is 2.48 bits per heavy atom. The Kier molecular flexibility index (Phi) is 5.55. The van der Waals surface area contributed by atoms with Gasteiger partial charge in [-0.1, -0.05) is 42.5 Å². The van der Waals surface area contributed by atoms with Crippen LogP contribution in [0.3, 0.4) is 0 Å². The van der Waals surface area contributed by atoms with E-state index in [4.69, 9.17) is 5.26 Å². The van der Waals surface area contributed by atoms with Crippen LogP contribution in [0.15, 0.2) is 72.9 Å². The second-order valence-corrected chi connectivity index (χ2v) is 5.71. The van der Waals surface area contributed by atoms with Crippen LogP contribution in [-0.4, -0.2) is 16.8 Å². The van der Waals surface area contributed by atoms with Gasteiger partial charge < -0.3 is 10.6 Å². The normalized spacial score (nSPS) is 9.89. The molecule has 0 aliphatic rings. The van der Waals surface area contributed by atoms with Crippen molar-refractivity contribution < 1.29 is 9.59 Å². The van der Waals surface area contributed by atoms with Crippen LogP contribution in [0.1, 0.15) is 32.0 Å². The zero-order valence-electron chi connectivity index (χ0n) is 14.3. The first-order chi connectivity index (χ1) is 13.2. The van der Waals surface area contributed by atoms with E-state index in [1.807, 2.05) is 36.4 Å². The van der Waals surface area contributed by atoms with Crippen molar-refractivity contribution in [2.24, 2.45) is 0 Å². The quantitative estimate of drug-likeness (QED) is 0.734. The molecular weight excluding hydrogens is 340 g/mol. The molecule has 1 heterocycles. The number of carbonyl (C=O) groups is 2. The number of para-hydroxylation sites is 1. The van der Waals surface area contributed by atoms with Crippen molar-refractivity contribution in [2.45, 2.75) is 6.54 Å². The van der Waals surface area contributed by atoms with Crippen molar-refractivity contribution in [3.05, 3.63) is 95.3 Å². The summed E-state index contributed by atoms with van der Waals surface area (Å²) in [6, 6.07) is 21.2. The molecule has 2 aromatic carbocycles. The zero-order chi connectivity index (χ0) is 19.1. The highest BCUT2D eigenvalue weighted by Gasteiger charge is 2.13. The maximum absolute atomic E-state index is 12.5. The predicted molar refractivity (Wildman–Crippen MR) is 101 cm³/mol. The molecule has 0 fully saturated rings. The van der Waals surface area contributed by atoms with E-state index >= 15 is 0 Å². The van der Waals surface area contributed by atoms with Crippen LogP contribution in [-0.2, 0) is 6.54 Å². The number of nitrogens with one attached hydrogen (secondary N) is 2. The van der Waals surface area contributed by atoms with Gasteiger partial charge in [0, 0.05) is 18.3 Å². The highest BCUT2D eigenvalue weighted by Crippen LogP contribution is 2.15. The van der Waals surface area contributed by atoms with Crippen molar-refractivity contribution >= 4 is 17.5 Å². The van der Waals surface area contributed by atoms with Crippen molar-refractivity contribution in [1.29, 1.82) is 5.26 Å². The molecule has 0 saturated carbocycles. The van der Waals surface area contributed by atoms with Gasteiger partial charge in [-0.2, -0.15) is 5.26 Å². The van der Waals surface area contributed by atoms with E-state index in [0.29, 0.717) is 17.8 Å². The molecule has 1 aromatic heterocycles. The van der Waals surface area contributed by atoms with Crippen molar-refractivity contribution in [2.75, 3.05) is 5.32 Å². The SMILES string of the molecule is N#Cc1ccccc1NC(=O)c1ccnc(C(=O)NCc2ccccc2)c1. The molecule has 132 valence electrons. The van der Waals surface area contributed by atoms with Crippen LogP contribution in [0.25, 0.3) is 0 Å². The molecule has 3 rings (SSSR count). The number of hydrogen-bond acceptors (Lipinski definition) is 4. The number of pyridine rings is 1. The van der Waals surface area contributed by atoms with Crippen LogP contribution in [0.5, 0.6) is 0 Å². The number of amides is 2. The highest BCUT2D eigenvalue weighted by atomic mass is 16.2. The fraction of sp³-hybridized carbons (Fsp3) is 0.0476. The number of benzene rings is 2. The summed E-state index contributed by atoms with van der Waals surface area (Å²) in [5.41, 5.74) is 2.17. The van der Waals surface area contributed by atoms with E-state index in [-0.39, 0.29) is 17.2 Å². The molecular formula is C21H16N4O2. The minimum atomic E-state index is -0.419. The molecule has 0 spiro atoms. The van der Waals surface area contributed by atoms with Gasteiger partial charge in [0.1, 0.15) is 11.8 Å². The topological polar surface area (TPSA) is 94.9 Å². The third-order valence-electron chi connectivity index (χ3n) is 3.85. The molecule has 27 heavy (non-hydrogen) atoms. The molecule has 0 saturated heterocycles. The smallest absolute Gasteiger partial charge is 0.270 e. The lowest BCUT2D eigenvalue weighted by Crippen LogP contribution is -2.24. The molecule has 0 unspecified atom stereocenters. The van der Waals surface area contributed by atoms with E-state index in [9.17, 15) is 9.59 Å². The Morgan fingerprint density at radius 1 is 0.963 bits per heavy atom. The van der Waals surface area contributed by atoms with Crippen LogP contribution >= 0.6 is 0 Å². The summed E-state index contributed by atoms with van der Waals surface area (Å²) in [5, 5.41) is 14.6. The fourth-order valence-electron chi connectivity index (χ4n) is 2.45. The lowest BCUT2D eigenvalue weighted by atomic mass is 10.1. The average molecular weight is 356 g/mol. The van der Waals surface area contributed by atoms with Gasteiger partial charge in [0.2, 0.25) is 0 Å². The second kappa shape index (κ2) is 8.41. The summed E-state index contributed by atoms with van der Waals surface area (Å²) in [5.74, 6) is -0.789. The number of nitriles is 1. The molecule has 0 radical (unpaired) electrons. The standard InChI is InChI=1S/C21H16N4O2/c22-13-17-8-4-5-9-18(17)25-20(26)16-10-11-23-19(12-16)21(27)24-14-15-6-2-1-3-7-15/h1-12H,14H2,(H,24,27)(H,25,26). The second-order valence-electron chi connectivity index (χ2n) is 5.71. The fourth-order valence-corrected chi connectivity index (χ4v) is 2.45. The Balaban J connectivity index is 1.70. The van der Waals surface area contributed by atoms with Crippen molar-refractivity contribution in [1.82, 2.24) is 10.3 Å². The molecule has 2 N–H and O–H groups in total. The summed E-state index contributed by atoms with van der Waals surface area (Å²) in [6.07, 6.45) is 1.41. The Labute approximate surface area is 156 Å². The van der Waals surface area contributed by atoms with Crippen LogP contribution < -0.4 is 10.6 Å². The lowest BCUT2D eigenvalue weighted by molar-refractivity contribution is 0.0946. The van der Waals surface area contributed by atoms with E-state index < -0.39 is 5.91 Å². The molecule has 6 nitrogen and oxygen atoms in total. The summed E-state index contributed by atoms with van der Waals surface area (Å²) in [4.78, 5) is 28.8. The van der Waals surface area contributed by atoms with Gasteiger partial charge in [0.05, 0.1) is 11.3 Å². The van der Waals surface area contributed by atoms with E-state index in [2.05, 4.69) is 15.6 Å². The number of nitrogens with zero attached hydrogens (tertiary/aromatic N) is 2. The molecule has 6 heteroatoms. The first-order valence-corrected chi connectivity index (χ1v) is 8.26. The number of carbonyl (C=O) groups excluding carboxylic acids is 2. The van der Waals surface area contributed by atoms with Crippen LogP contribution in [0, 0.1) is 11.3 Å². The summed E-state index contributed by atoms with van der Waals surface area (Å²) in [6.45, 7) is 0.368. The van der Waals surface area contributed by atoms with Gasteiger partial charge in [-0.25, -0.2) is 0 Å². The molecule has 0 aliphatic carbocycles. The van der Waals surface area contributed by atoms with Gasteiger partial charge in [-0.3, -0.25) is 14.6 Å². The van der Waals surface area contributed by atoms with E-state index in [1.54, 1.807) is 24.3 Å². The number of anilines is 1. The maximum atomic E-state index is 12.5. The largest absolute Gasteiger partial charge is 0.347 e. The van der Waals surface area contributed by atoms with E-state index in [1.165, 1.54) is 18.3 Å². The highest BCUT2D eigenvalue weighted by molar-refractivity contribution is 6.06. The predicted octanol–water partition coefficient (Wildman–Crippen LogP) is 3.14. The lowest BCUT2D eigenvalue weighted by Gasteiger charge is -2.08. The van der Waals surface area contributed by atoms with E-state index in [0.717, 1.165) is 5.56 Å². The minimum Gasteiger partial charge on any atom is -0.347 e. The third kappa shape index (κ3) is 4.55.